The van der Waals surface area contributed by atoms with Gasteiger partial charge in [0.25, 0.3) is 0 Å². The van der Waals surface area contributed by atoms with Crippen LogP contribution in [-0.2, 0) is 9.59 Å². The first-order valence-electron chi connectivity index (χ1n) is 11.7. The van der Waals surface area contributed by atoms with Gasteiger partial charge in [0.2, 0.25) is 5.91 Å². The molecule has 0 aromatic heterocycles. The Hall–Kier alpha value is -2.35. The average Bonchev–Trinajstić information content (AvgIpc) is 2.80. The van der Waals surface area contributed by atoms with Crippen molar-refractivity contribution in [3.63, 3.8) is 0 Å². The summed E-state index contributed by atoms with van der Waals surface area (Å²) >= 11 is 0. The molecular formula is C25H35F3N2O3. The van der Waals surface area contributed by atoms with Gasteiger partial charge in [-0.3, -0.25) is 4.79 Å². The van der Waals surface area contributed by atoms with E-state index < -0.39 is 12.1 Å². The van der Waals surface area contributed by atoms with Crippen molar-refractivity contribution in [2.45, 2.75) is 58.0 Å². The standard InChI is InChI=1S/C23H34N2O.C2HF3O2/c1-19(16-20-8-4-2-5-9-20)17-25(18-21-12-14-24-15-13-21)23(26)22-10-6-3-7-11-22;3-2(4,5)1(6)7/h2,4-5,8-9,16,21-22,24H,3,6-7,10-15,17-18H2,1H3;(H,6,7). The minimum Gasteiger partial charge on any atom is -0.475 e. The monoisotopic (exact) mass is 468 g/mol. The molecule has 3 rings (SSSR count). The Labute approximate surface area is 194 Å². The van der Waals surface area contributed by atoms with E-state index in [1.54, 1.807) is 0 Å². The highest BCUT2D eigenvalue weighted by Gasteiger charge is 2.38. The van der Waals surface area contributed by atoms with Gasteiger partial charge in [-0.2, -0.15) is 13.2 Å². The van der Waals surface area contributed by atoms with Gasteiger partial charge < -0.3 is 15.3 Å². The summed E-state index contributed by atoms with van der Waals surface area (Å²) in [6.45, 7) is 6.05. The molecule has 0 atom stereocenters. The molecule has 0 unspecified atom stereocenters. The van der Waals surface area contributed by atoms with Crippen LogP contribution < -0.4 is 5.32 Å². The summed E-state index contributed by atoms with van der Waals surface area (Å²) < 4.78 is 31.7. The fraction of sp³-hybridized carbons (Fsp3) is 0.600. The molecule has 8 heteroatoms. The summed E-state index contributed by atoms with van der Waals surface area (Å²) in [5.74, 6) is -1.44. The average molecular weight is 469 g/mol. The van der Waals surface area contributed by atoms with E-state index in [0.29, 0.717) is 11.8 Å². The smallest absolute Gasteiger partial charge is 0.475 e. The van der Waals surface area contributed by atoms with Gasteiger partial charge in [-0.15, -0.1) is 0 Å². The molecule has 1 heterocycles. The highest BCUT2D eigenvalue weighted by Crippen LogP contribution is 2.27. The van der Waals surface area contributed by atoms with Crippen LogP contribution in [0, 0.1) is 11.8 Å². The molecule has 1 amide bonds. The van der Waals surface area contributed by atoms with Gasteiger partial charge >= 0.3 is 12.1 Å². The number of halogens is 3. The lowest BCUT2D eigenvalue weighted by atomic mass is 9.87. The number of hydrogen-bond donors (Lipinski definition) is 2. The molecule has 184 valence electrons. The van der Waals surface area contributed by atoms with Gasteiger partial charge in [-0.1, -0.05) is 61.2 Å². The topological polar surface area (TPSA) is 69.6 Å². The zero-order valence-corrected chi connectivity index (χ0v) is 19.2. The zero-order valence-electron chi connectivity index (χ0n) is 19.2. The molecular weight excluding hydrogens is 433 g/mol. The van der Waals surface area contributed by atoms with Crippen LogP contribution in [0.2, 0.25) is 0 Å². The van der Waals surface area contributed by atoms with E-state index in [2.05, 4.69) is 47.5 Å². The predicted octanol–water partition coefficient (Wildman–Crippen LogP) is 5.13. The summed E-state index contributed by atoms with van der Waals surface area (Å²) in [6, 6.07) is 10.4. The summed E-state index contributed by atoms with van der Waals surface area (Å²) in [5, 5.41) is 10.6. The Balaban J connectivity index is 0.000000479. The number of carbonyl (C=O) groups excluding carboxylic acids is 1. The minimum atomic E-state index is -5.08. The van der Waals surface area contributed by atoms with Crippen LogP contribution in [0.1, 0.15) is 57.4 Å². The quantitative estimate of drug-likeness (QED) is 0.607. The Morgan fingerprint density at radius 1 is 1.06 bits per heavy atom. The second-order valence-corrected chi connectivity index (χ2v) is 8.95. The Morgan fingerprint density at radius 3 is 2.18 bits per heavy atom. The van der Waals surface area contributed by atoms with Crippen LogP contribution in [0.3, 0.4) is 0 Å². The molecule has 0 bridgehead atoms. The summed E-state index contributed by atoms with van der Waals surface area (Å²) in [7, 11) is 0. The second kappa shape index (κ2) is 13.4. The lowest BCUT2D eigenvalue weighted by molar-refractivity contribution is -0.192. The number of aliphatic carboxylic acids is 1. The second-order valence-electron chi connectivity index (χ2n) is 8.95. The van der Waals surface area contributed by atoms with E-state index in [1.165, 1.54) is 43.2 Å². The number of rotatable bonds is 6. The van der Waals surface area contributed by atoms with E-state index in [0.717, 1.165) is 39.0 Å². The maximum Gasteiger partial charge on any atom is 0.490 e. The minimum absolute atomic E-state index is 0.259. The Morgan fingerprint density at radius 2 is 1.64 bits per heavy atom. The van der Waals surface area contributed by atoms with Gasteiger partial charge in [0, 0.05) is 19.0 Å². The highest BCUT2D eigenvalue weighted by molar-refractivity contribution is 5.79. The van der Waals surface area contributed by atoms with Crippen molar-refractivity contribution >= 4 is 18.0 Å². The third-order valence-electron chi connectivity index (χ3n) is 6.10. The molecule has 1 aliphatic heterocycles. The number of amides is 1. The Bertz CT molecular complexity index is 769. The van der Waals surface area contributed by atoms with Crippen LogP contribution in [0.5, 0.6) is 0 Å². The fourth-order valence-electron chi connectivity index (χ4n) is 4.40. The molecule has 1 aliphatic carbocycles. The van der Waals surface area contributed by atoms with Crippen molar-refractivity contribution < 1.29 is 27.9 Å². The van der Waals surface area contributed by atoms with E-state index in [4.69, 9.17) is 9.90 Å². The molecule has 1 saturated heterocycles. The molecule has 5 nitrogen and oxygen atoms in total. The molecule has 1 saturated carbocycles. The van der Waals surface area contributed by atoms with Crippen molar-refractivity contribution in [3.05, 3.63) is 41.5 Å². The van der Waals surface area contributed by atoms with E-state index in [-0.39, 0.29) is 5.92 Å². The van der Waals surface area contributed by atoms with E-state index in [9.17, 15) is 18.0 Å². The molecule has 0 radical (unpaired) electrons. The van der Waals surface area contributed by atoms with Crippen molar-refractivity contribution in [2.24, 2.45) is 11.8 Å². The molecule has 33 heavy (non-hydrogen) atoms. The van der Waals surface area contributed by atoms with Crippen molar-refractivity contribution in [3.8, 4) is 0 Å². The number of alkyl halides is 3. The molecule has 1 aromatic carbocycles. The van der Waals surface area contributed by atoms with Crippen molar-refractivity contribution in [1.29, 1.82) is 0 Å². The van der Waals surface area contributed by atoms with Crippen LogP contribution in [-0.4, -0.2) is 54.2 Å². The summed E-state index contributed by atoms with van der Waals surface area (Å²) in [4.78, 5) is 24.3. The number of nitrogens with one attached hydrogen (secondary N) is 1. The molecule has 2 N–H and O–H groups in total. The van der Waals surface area contributed by atoms with Crippen LogP contribution in [0.25, 0.3) is 6.08 Å². The first kappa shape index (κ1) is 26.9. The van der Waals surface area contributed by atoms with E-state index in [1.807, 2.05) is 6.07 Å². The SMILES string of the molecule is CC(=Cc1ccccc1)CN(CC1CCNCC1)C(=O)C1CCCCC1.O=C(O)C(F)(F)F. The number of nitrogens with zero attached hydrogens (tertiary/aromatic N) is 1. The normalized spacial score (nSPS) is 18.2. The number of carboxylic acids is 1. The Kier molecular flexibility index (Phi) is 10.9. The number of carbonyl (C=O) groups is 2. The largest absolute Gasteiger partial charge is 0.490 e. The van der Waals surface area contributed by atoms with Gasteiger partial charge in [-0.05, 0) is 57.2 Å². The van der Waals surface area contributed by atoms with Crippen LogP contribution in [0.15, 0.2) is 35.9 Å². The van der Waals surface area contributed by atoms with Gasteiger partial charge in [0.15, 0.2) is 0 Å². The van der Waals surface area contributed by atoms with Gasteiger partial charge in [0.05, 0.1) is 0 Å². The van der Waals surface area contributed by atoms with Crippen LogP contribution >= 0.6 is 0 Å². The van der Waals surface area contributed by atoms with E-state index >= 15 is 0 Å². The first-order chi connectivity index (χ1) is 15.7. The van der Waals surface area contributed by atoms with Crippen molar-refractivity contribution in [1.82, 2.24) is 10.2 Å². The lowest BCUT2D eigenvalue weighted by Gasteiger charge is -2.34. The third-order valence-corrected chi connectivity index (χ3v) is 6.10. The van der Waals surface area contributed by atoms with Gasteiger partial charge in [0.1, 0.15) is 0 Å². The number of carboxylic acid groups (broad SMARTS) is 1. The maximum atomic E-state index is 13.2. The van der Waals surface area contributed by atoms with Crippen LogP contribution in [0.4, 0.5) is 13.2 Å². The molecule has 0 spiro atoms. The first-order valence-corrected chi connectivity index (χ1v) is 11.7. The number of benzene rings is 1. The molecule has 2 fully saturated rings. The van der Waals surface area contributed by atoms with Crippen molar-refractivity contribution in [2.75, 3.05) is 26.2 Å². The zero-order chi connectivity index (χ0) is 24.3. The van der Waals surface area contributed by atoms with Gasteiger partial charge in [-0.25, -0.2) is 4.79 Å². The summed E-state index contributed by atoms with van der Waals surface area (Å²) in [6.07, 6.45) is 5.43. The third kappa shape index (κ3) is 9.98. The molecule has 1 aromatic rings. The number of piperidine rings is 1. The fourth-order valence-corrected chi connectivity index (χ4v) is 4.40. The predicted molar refractivity (Wildman–Crippen MR) is 123 cm³/mol. The highest BCUT2D eigenvalue weighted by atomic mass is 19.4. The molecule has 2 aliphatic rings. The number of hydrogen-bond acceptors (Lipinski definition) is 3. The maximum absolute atomic E-state index is 13.2. The lowest BCUT2D eigenvalue weighted by Crippen LogP contribution is -2.43. The summed E-state index contributed by atoms with van der Waals surface area (Å²) in [5.41, 5.74) is 2.49.